The van der Waals surface area contributed by atoms with Gasteiger partial charge < -0.3 is 8.92 Å². The second-order valence-corrected chi connectivity index (χ2v) is 7.16. The Labute approximate surface area is 147 Å². The summed E-state index contributed by atoms with van der Waals surface area (Å²) in [7, 11) is -4.10. The lowest BCUT2D eigenvalue weighted by atomic mass is 10.2. The number of nitrogens with zero attached hydrogens (tertiary/aromatic N) is 1. The van der Waals surface area contributed by atoms with Gasteiger partial charge in [0.15, 0.2) is 11.5 Å². The van der Waals surface area contributed by atoms with E-state index in [0.29, 0.717) is 10.0 Å². The number of benzene rings is 2. The van der Waals surface area contributed by atoms with Gasteiger partial charge in [-0.05, 0) is 47.1 Å². The quantitative estimate of drug-likeness (QED) is 0.685. The number of hydrogen-bond acceptors (Lipinski definition) is 5. The molecule has 0 heterocycles. The topological polar surface area (TPSA) is 76.4 Å². The van der Waals surface area contributed by atoms with Crippen molar-refractivity contribution in [1.82, 2.24) is 0 Å². The molecule has 0 atom stereocenters. The van der Waals surface area contributed by atoms with Crippen LogP contribution in [0, 0.1) is 11.3 Å². The molecule has 0 saturated carbocycles. The standard InChI is InChI=1S/C15H11BrClNO4S/c1-2-21-14-7-10(9-18)6-13(16)15(14)22-23(19,20)12-5-3-4-11(17)8-12/h3-8H,2H2,1H3. The van der Waals surface area contributed by atoms with Crippen LogP contribution < -0.4 is 8.92 Å². The summed E-state index contributed by atoms with van der Waals surface area (Å²) in [6.45, 7) is 2.02. The molecular formula is C15H11BrClNO4S. The van der Waals surface area contributed by atoms with Crippen LogP contribution in [0.3, 0.4) is 0 Å². The molecule has 0 radical (unpaired) electrons. The van der Waals surface area contributed by atoms with Crippen molar-refractivity contribution in [1.29, 1.82) is 5.26 Å². The molecule has 0 aromatic heterocycles. The Balaban J connectivity index is 2.49. The fraction of sp³-hybridized carbons (Fsp3) is 0.133. The van der Waals surface area contributed by atoms with Crippen LogP contribution in [0.5, 0.6) is 11.5 Å². The summed E-state index contributed by atoms with van der Waals surface area (Å²) in [6, 6.07) is 10.6. The number of halogens is 2. The van der Waals surface area contributed by atoms with E-state index in [9.17, 15) is 8.42 Å². The summed E-state index contributed by atoms with van der Waals surface area (Å²) in [5.74, 6) is 0.134. The lowest BCUT2D eigenvalue weighted by Crippen LogP contribution is -2.11. The van der Waals surface area contributed by atoms with E-state index in [1.54, 1.807) is 13.0 Å². The van der Waals surface area contributed by atoms with Gasteiger partial charge in [0.1, 0.15) is 4.90 Å². The minimum absolute atomic E-state index is 0.0224. The average Bonchev–Trinajstić information content (AvgIpc) is 2.50. The van der Waals surface area contributed by atoms with Gasteiger partial charge in [0.25, 0.3) is 0 Å². The molecule has 2 aromatic rings. The fourth-order valence-electron chi connectivity index (χ4n) is 1.76. The summed E-state index contributed by atoms with van der Waals surface area (Å²) in [5.41, 5.74) is 0.313. The minimum atomic E-state index is -4.10. The highest BCUT2D eigenvalue weighted by atomic mass is 79.9. The van der Waals surface area contributed by atoms with Crippen molar-refractivity contribution in [3.05, 3.63) is 51.5 Å². The van der Waals surface area contributed by atoms with Crippen LogP contribution >= 0.6 is 27.5 Å². The third-order valence-corrected chi connectivity index (χ3v) is 4.76. The zero-order chi connectivity index (χ0) is 17.0. The zero-order valence-corrected chi connectivity index (χ0v) is 15.1. The Morgan fingerprint density at radius 3 is 2.65 bits per heavy atom. The highest BCUT2D eigenvalue weighted by molar-refractivity contribution is 9.10. The second-order valence-electron chi connectivity index (χ2n) is 4.32. The number of ether oxygens (including phenoxy) is 1. The maximum Gasteiger partial charge on any atom is 0.339 e. The Morgan fingerprint density at radius 2 is 2.04 bits per heavy atom. The molecule has 0 aliphatic heterocycles. The highest BCUT2D eigenvalue weighted by Gasteiger charge is 2.22. The van der Waals surface area contributed by atoms with E-state index in [1.807, 2.05) is 6.07 Å². The fourth-order valence-corrected chi connectivity index (χ4v) is 3.65. The summed E-state index contributed by atoms with van der Waals surface area (Å²) < 4.78 is 35.6. The van der Waals surface area contributed by atoms with Gasteiger partial charge in [-0.3, -0.25) is 0 Å². The first-order valence-corrected chi connectivity index (χ1v) is 9.02. The largest absolute Gasteiger partial charge is 0.490 e. The lowest BCUT2D eigenvalue weighted by Gasteiger charge is -2.14. The Kier molecular flexibility index (Phi) is 5.52. The van der Waals surface area contributed by atoms with E-state index < -0.39 is 10.1 Å². The Hall–Kier alpha value is -1.75. The van der Waals surface area contributed by atoms with E-state index in [4.69, 9.17) is 25.8 Å². The van der Waals surface area contributed by atoms with Crippen molar-refractivity contribution in [3.8, 4) is 17.6 Å². The molecule has 0 N–H and O–H groups in total. The van der Waals surface area contributed by atoms with Gasteiger partial charge in [-0.1, -0.05) is 17.7 Å². The van der Waals surface area contributed by atoms with Crippen molar-refractivity contribution in [2.24, 2.45) is 0 Å². The van der Waals surface area contributed by atoms with Crippen molar-refractivity contribution < 1.29 is 17.3 Å². The van der Waals surface area contributed by atoms with Crippen LogP contribution in [-0.4, -0.2) is 15.0 Å². The molecule has 0 saturated heterocycles. The van der Waals surface area contributed by atoms with Gasteiger partial charge in [-0.15, -0.1) is 0 Å². The first-order valence-electron chi connectivity index (χ1n) is 6.44. The van der Waals surface area contributed by atoms with Gasteiger partial charge in [0.05, 0.1) is 22.7 Å². The molecule has 5 nitrogen and oxygen atoms in total. The van der Waals surface area contributed by atoms with Crippen molar-refractivity contribution >= 4 is 37.6 Å². The first-order chi connectivity index (χ1) is 10.9. The van der Waals surface area contributed by atoms with Crippen molar-refractivity contribution in [2.75, 3.05) is 6.61 Å². The average molecular weight is 417 g/mol. The number of rotatable bonds is 5. The molecule has 0 aliphatic carbocycles. The molecule has 2 rings (SSSR count). The van der Waals surface area contributed by atoms with Gasteiger partial charge in [0.2, 0.25) is 0 Å². The van der Waals surface area contributed by atoms with Crippen LogP contribution in [-0.2, 0) is 10.1 Å². The zero-order valence-electron chi connectivity index (χ0n) is 11.9. The van der Waals surface area contributed by atoms with E-state index in [0.717, 1.165) is 0 Å². The summed E-state index contributed by atoms with van der Waals surface area (Å²) in [4.78, 5) is -0.0799. The molecule has 0 spiro atoms. The molecular weight excluding hydrogens is 406 g/mol. The predicted molar refractivity (Wildman–Crippen MR) is 89.3 cm³/mol. The predicted octanol–water partition coefficient (Wildman–Crippen LogP) is 4.14. The molecule has 120 valence electrons. The van der Waals surface area contributed by atoms with Crippen LogP contribution in [0.25, 0.3) is 0 Å². The van der Waals surface area contributed by atoms with Crippen molar-refractivity contribution in [3.63, 3.8) is 0 Å². The molecule has 0 amide bonds. The minimum Gasteiger partial charge on any atom is -0.490 e. The lowest BCUT2D eigenvalue weighted by molar-refractivity contribution is 0.327. The summed E-state index contributed by atoms with van der Waals surface area (Å²) >= 11 is 9.02. The van der Waals surface area contributed by atoms with E-state index in [2.05, 4.69) is 15.9 Å². The Morgan fingerprint density at radius 1 is 1.30 bits per heavy atom. The number of hydrogen-bond donors (Lipinski definition) is 0. The molecule has 0 fully saturated rings. The summed E-state index contributed by atoms with van der Waals surface area (Å²) in [6.07, 6.45) is 0. The molecule has 2 aromatic carbocycles. The van der Waals surface area contributed by atoms with Gasteiger partial charge in [-0.25, -0.2) is 0 Å². The SMILES string of the molecule is CCOc1cc(C#N)cc(Br)c1OS(=O)(=O)c1cccc(Cl)c1. The monoisotopic (exact) mass is 415 g/mol. The molecule has 23 heavy (non-hydrogen) atoms. The molecule has 0 aliphatic rings. The normalized spacial score (nSPS) is 10.9. The third-order valence-electron chi connectivity index (χ3n) is 2.72. The highest BCUT2D eigenvalue weighted by Crippen LogP contribution is 2.38. The molecule has 0 unspecified atom stereocenters. The molecule has 8 heteroatoms. The first kappa shape index (κ1) is 17.6. The maximum absolute atomic E-state index is 12.4. The molecule has 0 bridgehead atoms. The second kappa shape index (κ2) is 7.21. The summed E-state index contributed by atoms with van der Waals surface area (Å²) in [5, 5.41) is 9.26. The van der Waals surface area contributed by atoms with E-state index in [-0.39, 0.29) is 28.0 Å². The third kappa shape index (κ3) is 4.16. The van der Waals surface area contributed by atoms with Gasteiger partial charge in [-0.2, -0.15) is 13.7 Å². The van der Waals surface area contributed by atoms with E-state index in [1.165, 1.54) is 30.3 Å². The van der Waals surface area contributed by atoms with Crippen molar-refractivity contribution in [2.45, 2.75) is 11.8 Å². The van der Waals surface area contributed by atoms with Crippen LogP contribution in [0.2, 0.25) is 5.02 Å². The Bertz CT molecular complexity index is 878. The van der Waals surface area contributed by atoms with Gasteiger partial charge >= 0.3 is 10.1 Å². The number of nitriles is 1. The van der Waals surface area contributed by atoms with Crippen LogP contribution in [0.1, 0.15) is 12.5 Å². The smallest absolute Gasteiger partial charge is 0.339 e. The maximum atomic E-state index is 12.4. The van der Waals surface area contributed by atoms with E-state index >= 15 is 0 Å². The van der Waals surface area contributed by atoms with Crippen LogP contribution in [0.4, 0.5) is 0 Å². The van der Waals surface area contributed by atoms with Crippen LogP contribution in [0.15, 0.2) is 45.8 Å². The van der Waals surface area contributed by atoms with Gasteiger partial charge in [0, 0.05) is 11.1 Å².